The minimum absolute atomic E-state index is 0.446. The Morgan fingerprint density at radius 3 is 2.48 bits per heavy atom. The van der Waals surface area contributed by atoms with Crippen LogP contribution in [-0.2, 0) is 22.5 Å². The molecule has 0 saturated heterocycles. The van der Waals surface area contributed by atoms with Crippen LogP contribution < -0.4 is 10.5 Å². The van der Waals surface area contributed by atoms with Gasteiger partial charge in [0, 0.05) is 18.3 Å². The van der Waals surface area contributed by atoms with Crippen molar-refractivity contribution in [3.05, 3.63) is 23.0 Å². The summed E-state index contributed by atoms with van der Waals surface area (Å²) >= 11 is 0. The molecule has 0 atom stereocenters. The molecule has 1 aromatic heterocycles. The van der Waals surface area contributed by atoms with Gasteiger partial charge in [0.2, 0.25) is 0 Å². The van der Waals surface area contributed by atoms with Gasteiger partial charge < -0.3 is 15.2 Å². The number of carbonyl (C=O) groups is 1. The molecule has 1 rings (SSSR count). The van der Waals surface area contributed by atoms with Gasteiger partial charge in [0.15, 0.2) is 0 Å². The summed E-state index contributed by atoms with van der Waals surface area (Å²) in [6, 6.07) is 0. The second-order valence-electron chi connectivity index (χ2n) is 3.78. The number of pyridine rings is 1. The van der Waals surface area contributed by atoms with Crippen LogP contribution in [0.15, 0.2) is 6.20 Å². The molecule has 21 heavy (non-hydrogen) atoms. The van der Waals surface area contributed by atoms with E-state index < -0.39 is 54.3 Å². The van der Waals surface area contributed by atoms with E-state index in [1.807, 2.05) is 0 Å². The van der Waals surface area contributed by atoms with E-state index in [4.69, 9.17) is 5.73 Å². The van der Waals surface area contributed by atoms with E-state index in [1.165, 1.54) is 0 Å². The van der Waals surface area contributed by atoms with Crippen molar-refractivity contribution >= 4 is 5.97 Å². The van der Waals surface area contributed by atoms with Gasteiger partial charge in [0.1, 0.15) is 5.75 Å². The van der Waals surface area contributed by atoms with Crippen LogP contribution in [0.1, 0.15) is 23.2 Å². The van der Waals surface area contributed by atoms with Crippen molar-refractivity contribution in [1.82, 2.24) is 4.98 Å². The molecular formula is C11H11F5N2O3. The number of carbonyl (C=O) groups excluding carboxylic acids is 1. The number of halogens is 5. The summed E-state index contributed by atoms with van der Waals surface area (Å²) in [7, 11) is 1.00. The van der Waals surface area contributed by atoms with Crippen LogP contribution in [0, 0.1) is 0 Å². The lowest BCUT2D eigenvalue weighted by Gasteiger charge is -2.18. The summed E-state index contributed by atoms with van der Waals surface area (Å²) in [5.74, 6) is -2.09. The summed E-state index contributed by atoms with van der Waals surface area (Å²) in [6.07, 6.45) is -8.38. The largest absolute Gasteiger partial charge is 0.573 e. The Morgan fingerprint density at radius 2 is 2.05 bits per heavy atom. The Bertz CT molecular complexity index is 519. The van der Waals surface area contributed by atoms with Crippen LogP contribution in [0.25, 0.3) is 0 Å². The summed E-state index contributed by atoms with van der Waals surface area (Å²) < 4.78 is 71.0. The van der Waals surface area contributed by atoms with E-state index in [0.717, 1.165) is 13.3 Å². The lowest BCUT2D eigenvalue weighted by Crippen LogP contribution is -2.22. The van der Waals surface area contributed by atoms with Crippen molar-refractivity contribution in [1.29, 1.82) is 0 Å². The predicted octanol–water partition coefficient (Wildman–Crippen LogP) is 2.09. The summed E-state index contributed by atoms with van der Waals surface area (Å²) in [5, 5.41) is 0. The third-order valence-corrected chi connectivity index (χ3v) is 2.42. The summed E-state index contributed by atoms with van der Waals surface area (Å²) in [5.41, 5.74) is 3.18. The Morgan fingerprint density at radius 1 is 1.43 bits per heavy atom. The zero-order valence-corrected chi connectivity index (χ0v) is 10.7. The Hall–Kier alpha value is -1.97. The average Bonchev–Trinajstić information content (AvgIpc) is 2.37. The van der Waals surface area contributed by atoms with Crippen LogP contribution in [0.5, 0.6) is 5.75 Å². The number of nitrogens with zero attached hydrogens (tertiary/aromatic N) is 1. The smallest absolute Gasteiger partial charge is 0.469 e. The fraction of sp³-hybridized carbons (Fsp3) is 0.455. The number of hydrogen-bond donors (Lipinski definition) is 1. The van der Waals surface area contributed by atoms with Crippen LogP contribution in [0.3, 0.4) is 0 Å². The van der Waals surface area contributed by atoms with Gasteiger partial charge in [-0.15, -0.1) is 13.2 Å². The zero-order chi connectivity index (χ0) is 16.2. The second kappa shape index (κ2) is 6.66. The highest BCUT2D eigenvalue weighted by Gasteiger charge is 2.36. The highest BCUT2D eigenvalue weighted by molar-refractivity contribution is 5.73. The maximum absolute atomic E-state index is 13.0. The van der Waals surface area contributed by atoms with E-state index in [1.54, 1.807) is 0 Å². The Labute approximate surface area is 115 Å². The number of aromatic nitrogens is 1. The first kappa shape index (κ1) is 17.1. The maximum Gasteiger partial charge on any atom is 0.573 e. The van der Waals surface area contributed by atoms with Gasteiger partial charge in [0.25, 0.3) is 6.43 Å². The molecule has 1 aromatic rings. The lowest BCUT2D eigenvalue weighted by atomic mass is 10.1. The molecule has 0 bridgehead atoms. The van der Waals surface area contributed by atoms with Gasteiger partial charge >= 0.3 is 12.3 Å². The second-order valence-corrected chi connectivity index (χ2v) is 3.78. The first-order valence-electron chi connectivity index (χ1n) is 5.51. The quantitative estimate of drug-likeness (QED) is 0.665. The number of rotatable bonds is 5. The van der Waals surface area contributed by atoms with Gasteiger partial charge in [-0.25, -0.2) is 8.78 Å². The van der Waals surface area contributed by atoms with Crippen molar-refractivity contribution in [2.75, 3.05) is 7.11 Å². The van der Waals surface area contributed by atoms with Crippen molar-refractivity contribution in [3.8, 4) is 5.75 Å². The molecule has 5 nitrogen and oxygen atoms in total. The molecule has 0 aromatic carbocycles. The molecule has 0 radical (unpaired) electrons. The van der Waals surface area contributed by atoms with E-state index >= 15 is 0 Å². The molecule has 0 aliphatic carbocycles. The van der Waals surface area contributed by atoms with E-state index in [2.05, 4.69) is 14.5 Å². The van der Waals surface area contributed by atoms with Crippen LogP contribution in [0.4, 0.5) is 22.0 Å². The fourth-order valence-electron chi connectivity index (χ4n) is 1.57. The van der Waals surface area contributed by atoms with E-state index in [-0.39, 0.29) is 0 Å². The number of alkyl halides is 5. The van der Waals surface area contributed by atoms with Crippen molar-refractivity contribution in [2.45, 2.75) is 25.8 Å². The van der Waals surface area contributed by atoms with Crippen LogP contribution in [-0.4, -0.2) is 24.4 Å². The van der Waals surface area contributed by atoms with Gasteiger partial charge in [-0.2, -0.15) is 0 Å². The first-order valence-corrected chi connectivity index (χ1v) is 5.51. The van der Waals surface area contributed by atoms with Gasteiger partial charge in [-0.1, -0.05) is 0 Å². The number of hydrogen-bond acceptors (Lipinski definition) is 5. The highest BCUT2D eigenvalue weighted by Crippen LogP contribution is 2.37. The molecule has 118 valence electrons. The molecule has 0 fully saturated rings. The number of methoxy groups -OCH3 is 1. The van der Waals surface area contributed by atoms with E-state index in [9.17, 15) is 26.7 Å². The van der Waals surface area contributed by atoms with E-state index in [0.29, 0.717) is 0 Å². The minimum Gasteiger partial charge on any atom is -0.469 e. The Balaban J connectivity index is 3.42. The molecular weight excluding hydrogens is 303 g/mol. The summed E-state index contributed by atoms with van der Waals surface area (Å²) in [4.78, 5) is 14.7. The summed E-state index contributed by atoms with van der Waals surface area (Å²) in [6.45, 7) is -0.508. The number of nitrogens with two attached hydrogens (primary N) is 1. The predicted molar refractivity (Wildman–Crippen MR) is 59.5 cm³/mol. The zero-order valence-electron chi connectivity index (χ0n) is 10.7. The normalized spacial score (nSPS) is 11.6. The topological polar surface area (TPSA) is 74.4 Å². The maximum atomic E-state index is 13.0. The number of ether oxygens (including phenoxy) is 2. The number of esters is 1. The third-order valence-electron chi connectivity index (χ3n) is 2.42. The molecule has 10 heteroatoms. The fourth-order valence-corrected chi connectivity index (χ4v) is 1.57. The highest BCUT2D eigenvalue weighted by atomic mass is 19.4. The first-order chi connectivity index (χ1) is 9.69. The van der Waals surface area contributed by atoms with Crippen molar-refractivity contribution in [2.24, 2.45) is 5.73 Å². The molecule has 1 heterocycles. The van der Waals surface area contributed by atoms with Crippen LogP contribution >= 0.6 is 0 Å². The van der Waals surface area contributed by atoms with Gasteiger partial charge in [0.05, 0.1) is 24.8 Å². The molecule has 0 aliphatic heterocycles. The molecule has 0 spiro atoms. The standard InChI is InChI=1S/C11H11F5N2O3/c1-20-7(19)2-5-4-18-6(3-17)8(10(12)13)9(5)21-11(14,15)16/h4,10H,2-3,17H2,1H3. The molecule has 0 saturated carbocycles. The van der Waals surface area contributed by atoms with Crippen molar-refractivity contribution in [3.63, 3.8) is 0 Å². The monoisotopic (exact) mass is 314 g/mol. The molecule has 0 amide bonds. The molecule has 0 aliphatic rings. The van der Waals surface area contributed by atoms with Crippen LogP contribution in [0.2, 0.25) is 0 Å². The third kappa shape index (κ3) is 4.52. The minimum atomic E-state index is -5.21. The molecule has 2 N–H and O–H groups in total. The van der Waals surface area contributed by atoms with Gasteiger partial charge in [-0.05, 0) is 0 Å². The van der Waals surface area contributed by atoms with Gasteiger partial charge in [-0.3, -0.25) is 9.78 Å². The SMILES string of the molecule is COC(=O)Cc1cnc(CN)c(C(F)F)c1OC(F)(F)F. The average molecular weight is 314 g/mol. The Kier molecular flexibility index (Phi) is 5.41. The van der Waals surface area contributed by atoms with Crippen molar-refractivity contribution < 1.29 is 36.2 Å². The molecule has 0 unspecified atom stereocenters. The lowest BCUT2D eigenvalue weighted by molar-refractivity contribution is -0.275.